The predicted molar refractivity (Wildman–Crippen MR) is 157 cm³/mol. The molecule has 0 spiro atoms. The second kappa shape index (κ2) is 13.9. The van der Waals surface area contributed by atoms with Gasteiger partial charge in [-0.1, -0.05) is 24.3 Å². The Labute approximate surface area is 233 Å². The van der Waals surface area contributed by atoms with Gasteiger partial charge in [0.25, 0.3) is 5.91 Å². The number of rotatable bonds is 12. The molecule has 2 aromatic carbocycles. The highest BCUT2D eigenvalue weighted by molar-refractivity contribution is 7.53. The molecule has 0 bridgehead atoms. The van der Waals surface area contributed by atoms with Crippen LogP contribution in [0.25, 0.3) is 10.4 Å². The second-order valence-corrected chi connectivity index (χ2v) is 12.5. The summed E-state index contributed by atoms with van der Waals surface area (Å²) < 4.78 is 28.5. The molecule has 0 fully saturated rings. The number of amides is 2. The van der Waals surface area contributed by atoms with Gasteiger partial charge in [0.1, 0.15) is 5.60 Å². The second-order valence-electron chi connectivity index (χ2n) is 9.55. The fourth-order valence-corrected chi connectivity index (χ4v) is 5.75. The Bertz CT molecular complexity index is 1280. The molecule has 0 radical (unpaired) electrons. The van der Waals surface area contributed by atoms with E-state index in [0.717, 1.165) is 16.0 Å². The number of nitrogens with one attached hydrogen (secondary N) is 3. The maximum Gasteiger partial charge on any atom is 0.412 e. The molecule has 3 rings (SSSR count). The molecule has 1 heterocycles. The van der Waals surface area contributed by atoms with Crippen LogP contribution >= 0.6 is 18.9 Å². The van der Waals surface area contributed by atoms with Crippen LogP contribution in [-0.2, 0) is 24.9 Å². The average molecular weight is 574 g/mol. The molecule has 0 aliphatic heterocycles. The zero-order chi connectivity index (χ0) is 28.5. The van der Waals surface area contributed by atoms with E-state index in [1.165, 1.54) is 0 Å². The molecule has 3 N–H and O–H groups in total. The van der Waals surface area contributed by atoms with Gasteiger partial charge < -0.3 is 24.4 Å². The molecule has 0 aliphatic carbocycles. The molecule has 0 saturated carbocycles. The quantitative estimate of drug-likeness (QED) is 0.194. The normalized spacial score (nSPS) is 11.7. The minimum Gasteiger partial charge on any atom is -0.444 e. The lowest BCUT2D eigenvalue weighted by atomic mass is 10.1. The Morgan fingerprint density at radius 2 is 1.62 bits per heavy atom. The summed E-state index contributed by atoms with van der Waals surface area (Å²) in [4.78, 5) is 26.6. The van der Waals surface area contributed by atoms with Crippen LogP contribution in [0.4, 0.5) is 16.2 Å². The molecular weight excluding hydrogens is 537 g/mol. The molecular formula is C28H36N3O6PS. The molecule has 11 heteroatoms. The van der Waals surface area contributed by atoms with Gasteiger partial charge >= 0.3 is 13.7 Å². The molecule has 0 aliphatic rings. The van der Waals surface area contributed by atoms with Crippen LogP contribution in [0.3, 0.4) is 0 Å². The van der Waals surface area contributed by atoms with E-state index >= 15 is 0 Å². The first kappa shape index (κ1) is 30.5. The molecule has 39 heavy (non-hydrogen) atoms. The van der Waals surface area contributed by atoms with Crippen LogP contribution in [0.2, 0.25) is 0 Å². The van der Waals surface area contributed by atoms with Gasteiger partial charge in [0, 0.05) is 17.0 Å². The lowest BCUT2D eigenvalue weighted by molar-refractivity contribution is 0.0635. The summed E-state index contributed by atoms with van der Waals surface area (Å²) in [5.74, 6) is -0.331. The molecule has 9 nitrogen and oxygen atoms in total. The molecule has 0 atom stereocenters. The van der Waals surface area contributed by atoms with E-state index in [2.05, 4.69) is 16.0 Å². The first-order valence-electron chi connectivity index (χ1n) is 12.7. The number of carbonyl (C=O) groups excluding carboxylic acids is 2. The van der Waals surface area contributed by atoms with Gasteiger partial charge in [-0.3, -0.25) is 14.7 Å². The number of benzene rings is 2. The van der Waals surface area contributed by atoms with Gasteiger partial charge in [0.05, 0.1) is 30.9 Å². The van der Waals surface area contributed by atoms with Crippen molar-refractivity contribution in [1.82, 2.24) is 5.32 Å². The van der Waals surface area contributed by atoms with Crippen LogP contribution < -0.4 is 16.0 Å². The summed E-state index contributed by atoms with van der Waals surface area (Å²) >= 11 is 1.58. The van der Waals surface area contributed by atoms with Gasteiger partial charge in [0.2, 0.25) is 0 Å². The largest absolute Gasteiger partial charge is 0.444 e. The maximum absolute atomic E-state index is 13.1. The number of anilines is 2. The van der Waals surface area contributed by atoms with E-state index in [-0.39, 0.29) is 12.2 Å². The first-order chi connectivity index (χ1) is 18.5. The van der Waals surface area contributed by atoms with E-state index in [1.54, 1.807) is 64.2 Å². The zero-order valence-corrected chi connectivity index (χ0v) is 24.6. The van der Waals surface area contributed by atoms with Crippen LogP contribution in [0, 0.1) is 0 Å². The smallest absolute Gasteiger partial charge is 0.412 e. The SMILES string of the molecule is CCOP(=O)(CNCc1ccc(C(=O)Nc2cc(-c3cccs3)ccc2NC(=O)OC(C)(C)C)cc1)OCC. The van der Waals surface area contributed by atoms with Crippen LogP contribution in [-0.4, -0.2) is 37.1 Å². The first-order valence-corrected chi connectivity index (χ1v) is 15.3. The lowest BCUT2D eigenvalue weighted by Crippen LogP contribution is -2.27. The molecule has 0 unspecified atom stereocenters. The van der Waals surface area contributed by atoms with Gasteiger partial charge in [0.15, 0.2) is 0 Å². The van der Waals surface area contributed by atoms with Crippen molar-refractivity contribution in [2.24, 2.45) is 0 Å². The van der Waals surface area contributed by atoms with Crippen LogP contribution in [0.1, 0.15) is 50.5 Å². The zero-order valence-electron chi connectivity index (χ0n) is 22.9. The highest BCUT2D eigenvalue weighted by Gasteiger charge is 2.23. The Morgan fingerprint density at radius 3 is 2.21 bits per heavy atom. The minimum absolute atomic E-state index is 0.0882. The summed E-state index contributed by atoms with van der Waals surface area (Å²) in [6.45, 7) is 9.91. The van der Waals surface area contributed by atoms with E-state index in [1.807, 2.05) is 41.8 Å². The van der Waals surface area contributed by atoms with Gasteiger partial charge in [-0.2, -0.15) is 0 Å². The average Bonchev–Trinajstić information content (AvgIpc) is 3.40. The van der Waals surface area contributed by atoms with Crippen molar-refractivity contribution in [3.05, 3.63) is 71.1 Å². The van der Waals surface area contributed by atoms with E-state index < -0.39 is 19.3 Å². The number of ether oxygens (including phenoxy) is 1. The van der Waals surface area contributed by atoms with Crippen molar-refractivity contribution in [3.8, 4) is 10.4 Å². The van der Waals surface area contributed by atoms with Crippen molar-refractivity contribution in [2.75, 3.05) is 30.1 Å². The fourth-order valence-electron chi connectivity index (χ4n) is 3.59. The van der Waals surface area contributed by atoms with Crippen molar-refractivity contribution in [2.45, 2.75) is 46.8 Å². The third-order valence-electron chi connectivity index (χ3n) is 5.21. The molecule has 1 aromatic heterocycles. The van der Waals surface area contributed by atoms with Crippen molar-refractivity contribution in [3.63, 3.8) is 0 Å². The Balaban J connectivity index is 1.71. The Morgan fingerprint density at radius 1 is 0.923 bits per heavy atom. The monoisotopic (exact) mass is 573 g/mol. The van der Waals surface area contributed by atoms with Gasteiger partial charge in [-0.05, 0) is 81.5 Å². The summed E-state index contributed by atoms with van der Waals surface area (Å²) in [6, 6.07) is 16.4. The minimum atomic E-state index is -3.18. The van der Waals surface area contributed by atoms with Crippen LogP contribution in [0.5, 0.6) is 0 Å². The summed E-state index contributed by atoms with van der Waals surface area (Å²) in [5, 5.41) is 10.7. The van der Waals surface area contributed by atoms with Crippen molar-refractivity contribution >= 4 is 42.3 Å². The van der Waals surface area contributed by atoms with Crippen molar-refractivity contribution in [1.29, 1.82) is 0 Å². The molecule has 2 amide bonds. The highest BCUT2D eigenvalue weighted by atomic mass is 32.1. The standard InChI is InChI=1S/C28H36N3O6PS/c1-6-35-38(34,36-7-2)19-29-18-20-10-12-21(13-11-20)26(32)30-24-17-22(25-9-8-16-39-25)14-15-23(24)31-27(33)37-28(3,4)5/h8-17,29H,6-7,18-19H2,1-5H3,(H,30,32)(H,31,33). The van der Waals surface area contributed by atoms with Crippen LogP contribution in [0.15, 0.2) is 60.0 Å². The number of hydrogen-bond donors (Lipinski definition) is 3. The fraction of sp³-hybridized carbons (Fsp3) is 0.357. The predicted octanol–water partition coefficient (Wildman–Crippen LogP) is 7.33. The summed E-state index contributed by atoms with van der Waals surface area (Å²) in [5.41, 5.74) is 2.46. The lowest BCUT2D eigenvalue weighted by Gasteiger charge is -2.21. The number of hydrogen-bond acceptors (Lipinski definition) is 8. The molecule has 210 valence electrons. The Hall–Kier alpha value is -3.01. The summed E-state index contributed by atoms with van der Waals surface area (Å²) in [6.07, 6.45) is -0.526. The van der Waals surface area contributed by atoms with Crippen molar-refractivity contribution < 1.29 is 27.9 Å². The van der Waals surface area contributed by atoms with Gasteiger partial charge in [-0.15, -0.1) is 11.3 Å². The highest BCUT2D eigenvalue weighted by Crippen LogP contribution is 2.46. The molecule has 0 saturated heterocycles. The third-order valence-corrected chi connectivity index (χ3v) is 8.04. The number of carbonyl (C=O) groups is 2. The third kappa shape index (κ3) is 9.60. The number of thiophene rings is 1. The van der Waals surface area contributed by atoms with Gasteiger partial charge in [-0.25, -0.2) is 4.79 Å². The van der Waals surface area contributed by atoms with E-state index in [4.69, 9.17) is 13.8 Å². The summed E-state index contributed by atoms with van der Waals surface area (Å²) in [7, 11) is -3.18. The van der Waals surface area contributed by atoms with E-state index in [9.17, 15) is 14.2 Å². The topological polar surface area (TPSA) is 115 Å². The van der Waals surface area contributed by atoms with E-state index in [0.29, 0.717) is 36.7 Å². The molecule has 3 aromatic rings. The Kier molecular flexibility index (Phi) is 10.9. The maximum atomic E-state index is 13.1.